The second kappa shape index (κ2) is 10.0. The van der Waals surface area contributed by atoms with Crippen molar-refractivity contribution in [2.75, 3.05) is 18.5 Å². The SMILES string of the molecule is CCOC(=O)c1c(-c2ccccc2)csc1NC(=O)COc1ccc(Br)cc1Br. The Morgan fingerprint density at radius 2 is 1.86 bits per heavy atom. The minimum atomic E-state index is -0.473. The lowest BCUT2D eigenvalue weighted by Gasteiger charge is -2.10. The highest BCUT2D eigenvalue weighted by atomic mass is 79.9. The summed E-state index contributed by atoms with van der Waals surface area (Å²) >= 11 is 8.04. The molecule has 0 atom stereocenters. The Hall–Kier alpha value is -2.16. The lowest BCUT2D eigenvalue weighted by atomic mass is 10.0. The molecule has 1 amide bonds. The number of thiophene rings is 1. The Morgan fingerprint density at radius 1 is 1.10 bits per heavy atom. The minimum absolute atomic E-state index is 0.193. The smallest absolute Gasteiger partial charge is 0.341 e. The number of nitrogens with one attached hydrogen (secondary N) is 1. The molecule has 0 unspecified atom stereocenters. The first-order chi connectivity index (χ1) is 14.0. The Labute approximate surface area is 189 Å². The first-order valence-electron chi connectivity index (χ1n) is 8.71. The van der Waals surface area contributed by atoms with Crippen molar-refractivity contribution < 1.29 is 19.1 Å². The number of hydrogen-bond donors (Lipinski definition) is 1. The van der Waals surface area contributed by atoms with E-state index in [0.29, 0.717) is 16.3 Å². The summed E-state index contributed by atoms with van der Waals surface area (Å²) in [6.45, 7) is 1.80. The van der Waals surface area contributed by atoms with Crippen molar-refractivity contribution in [3.05, 3.63) is 68.4 Å². The number of carbonyl (C=O) groups excluding carboxylic acids is 2. The summed E-state index contributed by atoms with van der Waals surface area (Å²) in [5.74, 6) is -0.295. The van der Waals surface area contributed by atoms with E-state index in [4.69, 9.17) is 9.47 Å². The number of halogens is 2. The molecule has 5 nitrogen and oxygen atoms in total. The third-order valence-corrected chi connectivity index (χ3v) is 5.87. The van der Waals surface area contributed by atoms with Gasteiger partial charge in [-0.3, -0.25) is 4.79 Å². The summed E-state index contributed by atoms with van der Waals surface area (Å²) in [5, 5.41) is 5.04. The van der Waals surface area contributed by atoms with E-state index in [1.54, 1.807) is 13.0 Å². The number of rotatable bonds is 7. The van der Waals surface area contributed by atoms with Crippen LogP contribution in [0, 0.1) is 0 Å². The molecule has 0 aliphatic heterocycles. The van der Waals surface area contributed by atoms with Gasteiger partial charge in [0.2, 0.25) is 0 Å². The van der Waals surface area contributed by atoms with E-state index in [0.717, 1.165) is 20.1 Å². The lowest BCUT2D eigenvalue weighted by Crippen LogP contribution is -2.21. The van der Waals surface area contributed by atoms with Crippen LogP contribution in [-0.2, 0) is 9.53 Å². The lowest BCUT2D eigenvalue weighted by molar-refractivity contribution is -0.118. The molecule has 0 aliphatic carbocycles. The molecule has 3 rings (SSSR count). The molecule has 0 aliphatic rings. The molecular formula is C21H17Br2NO4S. The first-order valence-corrected chi connectivity index (χ1v) is 11.2. The largest absolute Gasteiger partial charge is 0.483 e. The van der Waals surface area contributed by atoms with E-state index in [9.17, 15) is 9.59 Å². The zero-order chi connectivity index (χ0) is 20.8. The van der Waals surface area contributed by atoms with Crippen molar-refractivity contribution in [2.24, 2.45) is 0 Å². The molecular weight excluding hydrogens is 522 g/mol. The van der Waals surface area contributed by atoms with Crippen molar-refractivity contribution in [1.29, 1.82) is 0 Å². The molecule has 3 aromatic rings. The van der Waals surface area contributed by atoms with E-state index in [2.05, 4.69) is 37.2 Å². The Bertz CT molecular complexity index is 1020. The molecule has 29 heavy (non-hydrogen) atoms. The van der Waals surface area contributed by atoms with Crippen LogP contribution in [-0.4, -0.2) is 25.1 Å². The molecule has 0 fully saturated rings. The minimum Gasteiger partial charge on any atom is -0.483 e. The van der Waals surface area contributed by atoms with E-state index < -0.39 is 5.97 Å². The fraction of sp³-hybridized carbons (Fsp3) is 0.143. The summed E-state index contributed by atoms with van der Waals surface area (Å²) < 4.78 is 12.4. The Kier molecular flexibility index (Phi) is 7.46. The van der Waals surface area contributed by atoms with Gasteiger partial charge in [0.15, 0.2) is 6.61 Å². The van der Waals surface area contributed by atoms with E-state index >= 15 is 0 Å². The van der Waals surface area contributed by atoms with Gasteiger partial charge in [-0.2, -0.15) is 0 Å². The van der Waals surface area contributed by atoms with Crippen LogP contribution in [0.5, 0.6) is 5.75 Å². The van der Waals surface area contributed by atoms with Gasteiger partial charge in [-0.05, 0) is 46.6 Å². The number of hydrogen-bond acceptors (Lipinski definition) is 5. The van der Waals surface area contributed by atoms with Crippen molar-refractivity contribution in [2.45, 2.75) is 6.92 Å². The first kappa shape index (κ1) is 21.5. The third-order valence-electron chi connectivity index (χ3n) is 3.86. The van der Waals surface area contributed by atoms with Crippen LogP contribution in [0.2, 0.25) is 0 Å². The molecule has 0 saturated carbocycles. The number of benzene rings is 2. The summed E-state index contributed by atoms with van der Waals surface area (Å²) in [6.07, 6.45) is 0. The molecule has 0 radical (unpaired) electrons. The average Bonchev–Trinajstić information content (AvgIpc) is 3.11. The zero-order valence-electron chi connectivity index (χ0n) is 15.4. The Morgan fingerprint density at radius 3 is 2.55 bits per heavy atom. The summed E-state index contributed by atoms with van der Waals surface area (Å²) in [4.78, 5) is 25.0. The normalized spacial score (nSPS) is 10.4. The van der Waals surface area contributed by atoms with Crippen molar-refractivity contribution in [3.63, 3.8) is 0 Å². The highest BCUT2D eigenvalue weighted by molar-refractivity contribution is 9.11. The van der Waals surface area contributed by atoms with Crippen LogP contribution >= 0.6 is 43.2 Å². The number of amides is 1. The van der Waals surface area contributed by atoms with Crippen LogP contribution in [0.4, 0.5) is 5.00 Å². The molecule has 0 bridgehead atoms. The van der Waals surface area contributed by atoms with Gasteiger partial charge in [0.05, 0.1) is 11.1 Å². The van der Waals surface area contributed by atoms with Gasteiger partial charge in [0.1, 0.15) is 16.3 Å². The van der Waals surface area contributed by atoms with Gasteiger partial charge in [-0.25, -0.2) is 4.79 Å². The molecule has 150 valence electrons. The van der Waals surface area contributed by atoms with Gasteiger partial charge in [-0.1, -0.05) is 46.3 Å². The molecule has 1 N–H and O–H groups in total. The third kappa shape index (κ3) is 5.46. The van der Waals surface area contributed by atoms with Crippen molar-refractivity contribution in [3.8, 4) is 16.9 Å². The molecule has 0 spiro atoms. The number of ether oxygens (including phenoxy) is 2. The Balaban J connectivity index is 1.78. The predicted molar refractivity (Wildman–Crippen MR) is 122 cm³/mol. The maximum absolute atomic E-state index is 12.5. The highest BCUT2D eigenvalue weighted by Gasteiger charge is 2.23. The van der Waals surface area contributed by atoms with Crippen LogP contribution in [0.3, 0.4) is 0 Å². The van der Waals surface area contributed by atoms with Crippen LogP contribution in [0.1, 0.15) is 17.3 Å². The van der Waals surface area contributed by atoms with Gasteiger partial charge < -0.3 is 14.8 Å². The topological polar surface area (TPSA) is 64.6 Å². The molecule has 2 aromatic carbocycles. The van der Waals surface area contributed by atoms with Crippen LogP contribution in [0.25, 0.3) is 11.1 Å². The van der Waals surface area contributed by atoms with Crippen molar-refractivity contribution in [1.82, 2.24) is 0 Å². The molecule has 8 heteroatoms. The maximum atomic E-state index is 12.5. The summed E-state index contributed by atoms with van der Waals surface area (Å²) in [7, 11) is 0. The van der Waals surface area contributed by atoms with E-state index in [-0.39, 0.29) is 19.1 Å². The fourth-order valence-electron chi connectivity index (χ4n) is 2.58. The van der Waals surface area contributed by atoms with E-state index in [1.165, 1.54) is 11.3 Å². The fourth-order valence-corrected chi connectivity index (χ4v) is 4.72. The summed E-state index contributed by atoms with van der Waals surface area (Å²) in [6, 6.07) is 14.9. The molecule has 1 aromatic heterocycles. The summed E-state index contributed by atoms with van der Waals surface area (Å²) in [5.41, 5.74) is 1.95. The standard InChI is InChI=1S/C21H17Br2NO4S/c1-2-27-21(26)19-15(13-6-4-3-5-7-13)12-29-20(19)24-18(25)11-28-17-9-8-14(22)10-16(17)23/h3-10,12H,2,11H2,1H3,(H,24,25). The average molecular weight is 539 g/mol. The quantitative estimate of drug-likeness (QED) is 0.367. The second-order valence-corrected chi connectivity index (χ2v) is 8.50. The van der Waals surface area contributed by atoms with Gasteiger partial charge in [0, 0.05) is 15.4 Å². The predicted octanol–water partition coefficient (Wildman–Crippen LogP) is 6.13. The molecule has 1 heterocycles. The monoisotopic (exact) mass is 537 g/mol. The number of esters is 1. The molecule has 0 saturated heterocycles. The second-order valence-electron chi connectivity index (χ2n) is 5.85. The van der Waals surface area contributed by atoms with Crippen molar-refractivity contribution >= 4 is 60.1 Å². The maximum Gasteiger partial charge on any atom is 0.341 e. The van der Waals surface area contributed by atoms with Gasteiger partial charge in [0.25, 0.3) is 5.91 Å². The number of carbonyl (C=O) groups is 2. The van der Waals surface area contributed by atoms with E-state index in [1.807, 2.05) is 47.8 Å². The van der Waals surface area contributed by atoms with Crippen LogP contribution < -0.4 is 10.1 Å². The van der Waals surface area contributed by atoms with Crippen LogP contribution in [0.15, 0.2) is 62.9 Å². The zero-order valence-corrected chi connectivity index (χ0v) is 19.4. The van der Waals surface area contributed by atoms with Gasteiger partial charge in [-0.15, -0.1) is 11.3 Å². The number of anilines is 1. The highest BCUT2D eigenvalue weighted by Crippen LogP contribution is 2.36. The van der Waals surface area contributed by atoms with Gasteiger partial charge >= 0.3 is 5.97 Å².